The summed E-state index contributed by atoms with van der Waals surface area (Å²) in [5.41, 5.74) is 0.860. The molecular weight excluding hydrogens is 407 g/mol. The standard InChI is InChI=1S/C22H21FN2O2S2/c23-17-7-5-16(6-8-17)13-24(14-19-3-1-11-28-19)21(26)15-25(18-9-10-18)22(27)20-4-2-12-29-20/h1-8,11-12,18H,9-10,13-15H2. The lowest BCUT2D eigenvalue weighted by Gasteiger charge is -2.27. The lowest BCUT2D eigenvalue weighted by Crippen LogP contribution is -2.43. The van der Waals surface area contributed by atoms with Crippen molar-refractivity contribution < 1.29 is 14.0 Å². The number of halogens is 1. The molecule has 150 valence electrons. The molecule has 1 saturated carbocycles. The zero-order chi connectivity index (χ0) is 20.2. The van der Waals surface area contributed by atoms with E-state index in [1.54, 1.807) is 39.3 Å². The Morgan fingerprint density at radius 3 is 2.31 bits per heavy atom. The molecule has 1 aliphatic rings. The molecule has 3 aromatic rings. The maximum Gasteiger partial charge on any atom is 0.264 e. The number of benzene rings is 1. The molecule has 0 aliphatic heterocycles. The maximum atomic E-state index is 13.3. The molecule has 4 nitrogen and oxygen atoms in total. The average Bonchev–Trinajstić information content (AvgIpc) is 3.18. The van der Waals surface area contributed by atoms with Gasteiger partial charge in [0.25, 0.3) is 5.91 Å². The molecule has 0 radical (unpaired) electrons. The second-order valence-corrected chi connectivity index (χ2v) is 9.08. The summed E-state index contributed by atoms with van der Waals surface area (Å²) < 4.78 is 13.3. The van der Waals surface area contributed by atoms with Crippen LogP contribution in [0.3, 0.4) is 0 Å². The third-order valence-corrected chi connectivity index (χ3v) is 6.57. The number of thiophene rings is 2. The molecule has 7 heteroatoms. The predicted octanol–water partition coefficient (Wildman–Crippen LogP) is 4.78. The van der Waals surface area contributed by atoms with Crippen molar-refractivity contribution in [2.75, 3.05) is 6.54 Å². The van der Waals surface area contributed by atoms with Crippen molar-refractivity contribution in [2.24, 2.45) is 0 Å². The van der Waals surface area contributed by atoms with Crippen LogP contribution in [0.4, 0.5) is 4.39 Å². The Morgan fingerprint density at radius 1 is 0.966 bits per heavy atom. The second kappa shape index (κ2) is 8.88. The molecule has 0 N–H and O–H groups in total. The van der Waals surface area contributed by atoms with E-state index < -0.39 is 0 Å². The van der Waals surface area contributed by atoms with Crippen molar-refractivity contribution in [1.29, 1.82) is 0 Å². The van der Waals surface area contributed by atoms with Crippen molar-refractivity contribution in [3.8, 4) is 0 Å². The summed E-state index contributed by atoms with van der Waals surface area (Å²) in [6, 6.07) is 13.9. The van der Waals surface area contributed by atoms with Gasteiger partial charge in [-0.2, -0.15) is 0 Å². The molecule has 4 rings (SSSR count). The van der Waals surface area contributed by atoms with Crippen LogP contribution in [0.5, 0.6) is 0 Å². The average molecular weight is 429 g/mol. The smallest absolute Gasteiger partial charge is 0.264 e. The van der Waals surface area contributed by atoms with Gasteiger partial charge in [-0.15, -0.1) is 22.7 Å². The Labute approximate surface area is 177 Å². The summed E-state index contributed by atoms with van der Waals surface area (Å²) in [4.78, 5) is 31.3. The van der Waals surface area contributed by atoms with Crippen LogP contribution in [0.25, 0.3) is 0 Å². The van der Waals surface area contributed by atoms with Crippen LogP contribution in [-0.2, 0) is 17.9 Å². The fraction of sp³-hybridized carbons (Fsp3) is 0.273. The van der Waals surface area contributed by atoms with Gasteiger partial charge < -0.3 is 9.80 Å². The summed E-state index contributed by atoms with van der Waals surface area (Å²) in [5.74, 6) is -0.473. The van der Waals surface area contributed by atoms with Gasteiger partial charge in [0.2, 0.25) is 5.91 Å². The van der Waals surface area contributed by atoms with Crippen LogP contribution in [0.2, 0.25) is 0 Å². The van der Waals surface area contributed by atoms with Crippen LogP contribution in [0.1, 0.15) is 33.0 Å². The number of rotatable bonds is 8. The van der Waals surface area contributed by atoms with Gasteiger partial charge >= 0.3 is 0 Å². The molecule has 0 bridgehead atoms. The van der Waals surface area contributed by atoms with E-state index in [1.165, 1.54) is 23.5 Å². The van der Waals surface area contributed by atoms with E-state index in [-0.39, 0.29) is 30.2 Å². The normalized spacial score (nSPS) is 13.3. The highest BCUT2D eigenvalue weighted by Crippen LogP contribution is 2.29. The highest BCUT2D eigenvalue weighted by molar-refractivity contribution is 7.12. The first kappa shape index (κ1) is 19.8. The zero-order valence-electron chi connectivity index (χ0n) is 15.8. The van der Waals surface area contributed by atoms with Crippen molar-refractivity contribution >= 4 is 34.5 Å². The van der Waals surface area contributed by atoms with E-state index in [4.69, 9.17) is 0 Å². The third kappa shape index (κ3) is 5.10. The number of carbonyl (C=O) groups excluding carboxylic acids is 2. The Bertz CT molecular complexity index is 951. The first-order chi connectivity index (χ1) is 14.1. The topological polar surface area (TPSA) is 40.6 Å². The van der Waals surface area contributed by atoms with Crippen LogP contribution in [0, 0.1) is 5.82 Å². The van der Waals surface area contributed by atoms with Crippen LogP contribution in [-0.4, -0.2) is 34.2 Å². The van der Waals surface area contributed by atoms with Gasteiger partial charge in [-0.3, -0.25) is 9.59 Å². The Hall–Kier alpha value is -2.51. The van der Waals surface area contributed by atoms with E-state index in [1.807, 2.05) is 29.0 Å². The first-order valence-electron chi connectivity index (χ1n) is 9.49. The maximum absolute atomic E-state index is 13.3. The number of hydrogen-bond donors (Lipinski definition) is 0. The Kier molecular flexibility index (Phi) is 6.06. The summed E-state index contributed by atoms with van der Waals surface area (Å²) in [5, 5.41) is 3.85. The largest absolute Gasteiger partial charge is 0.332 e. The molecule has 2 aromatic heterocycles. The molecule has 0 saturated heterocycles. The molecule has 2 heterocycles. The second-order valence-electron chi connectivity index (χ2n) is 7.10. The number of carbonyl (C=O) groups is 2. The Morgan fingerprint density at radius 2 is 1.69 bits per heavy atom. The fourth-order valence-electron chi connectivity index (χ4n) is 3.17. The SMILES string of the molecule is O=C(CN(C(=O)c1cccs1)C1CC1)N(Cc1ccc(F)cc1)Cc1cccs1. The molecule has 1 aromatic carbocycles. The van der Waals surface area contributed by atoms with Gasteiger partial charge in [0.1, 0.15) is 12.4 Å². The number of nitrogens with zero attached hydrogens (tertiary/aromatic N) is 2. The lowest BCUT2D eigenvalue weighted by atomic mass is 10.2. The summed E-state index contributed by atoms with van der Waals surface area (Å²) >= 11 is 2.99. The van der Waals surface area contributed by atoms with Crippen molar-refractivity contribution in [1.82, 2.24) is 9.80 Å². The summed E-state index contributed by atoms with van der Waals surface area (Å²) in [6.45, 7) is 0.913. The van der Waals surface area contributed by atoms with E-state index in [0.29, 0.717) is 18.0 Å². The van der Waals surface area contributed by atoms with E-state index in [9.17, 15) is 14.0 Å². The quantitative estimate of drug-likeness (QED) is 0.518. The molecule has 0 spiro atoms. The highest BCUT2D eigenvalue weighted by atomic mass is 32.1. The predicted molar refractivity (Wildman–Crippen MR) is 113 cm³/mol. The minimum absolute atomic E-state index is 0.0635. The minimum Gasteiger partial charge on any atom is -0.332 e. The van der Waals surface area contributed by atoms with Crippen molar-refractivity contribution in [2.45, 2.75) is 32.0 Å². The third-order valence-electron chi connectivity index (χ3n) is 4.85. The van der Waals surface area contributed by atoms with Gasteiger partial charge in [0.05, 0.1) is 11.4 Å². The molecule has 0 atom stereocenters. The van der Waals surface area contributed by atoms with Gasteiger partial charge in [-0.1, -0.05) is 24.3 Å². The summed E-state index contributed by atoms with van der Waals surface area (Å²) in [7, 11) is 0. The molecule has 29 heavy (non-hydrogen) atoms. The molecular formula is C22H21FN2O2S2. The van der Waals surface area contributed by atoms with E-state index in [2.05, 4.69) is 0 Å². The highest BCUT2D eigenvalue weighted by Gasteiger charge is 2.35. The zero-order valence-corrected chi connectivity index (χ0v) is 17.4. The van der Waals surface area contributed by atoms with Crippen LogP contribution in [0.15, 0.2) is 59.3 Å². The molecule has 0 unspecified atom stereocenters. The van der Waals surface area contributed by atoms with E-state index >= 15 is 0 Å². The van der Waals surface area contributed by atoms with Gasteiger partial charge in [0, 0.05) is 17.5 Å². The molecule has 2 amide bonds. The van der Waals surface area contributed by atoms with Gasteiger partial charge in [-0.05, 0) is 53.4 Å². The van der Waals surface area contributed by atoms with Crippen LogP contribution < -0.4 is 0 Å². The minimum atomic E-state index is -0.300. The van der Waals surface area contributed by atoms with Gasteiger partial charge in [-0.25, -0.2) is 4.39 Å². The number of amides is 2. The fourth-order valence-corrected chi connectivity index (χ4v) is 4.57. The van der Waals surface area contributed by atoms with Crippen molar-refractivity contribution in [3.63, 3.8) is 0 Å². The lowest BCUT2D eigenvalue weighted by molar-refractivity contribution is -0.133. The Balaban J connectivity index is 1.51. The molecule has 1 aliphatic carbocycles. The monoisotopic (exact) mass is 428 g/mol. The summed E-state index contributed by atoms with van der Waals surface area (Å²) in [6.07, 6.45) is 1.88. The number of hydrogen-bond acceptors (Lipinski definition) is 4. The first-order valence-corrected chi connectivity index (χ1v) is 11.2. The van der Waals surface area contributed by atoms with Crippen LogP contribution >= 0.6 is 22.7 Å². The van der Waals surface area contributed by atoms with Crippen molar-refractivity contribution in [3.05, 3.63) is 80.4 Å². The molecule has 1 fully saturated rings. The van der Waals surface area contributed by atoms with E-state index in [0.717, 1.165) is 23.3 Å². The van der Waals surface area contributed by atoms with Gasteiger partial charge in [0.15, 0.2) is 0 Å².